The molecule has 0 bridgehead atoms. The van der Waals surface area contributed by atoms with Gasteiger partial charge in [-0.2, -0.15) is 5.10 Å². The summed E-state index contributed by atoms with van der Waals surface area (Å²) in [6.45, 7) is 5.01. The van der Waals surface area contributed by atoms with Gasteiger partial charge in [0.2, 0.25) is 0 Å². The van der Waals surface area contributed by atoms with Gasteiger partial charge in [-0.15, -0.1) is 0 Å². The first-order valence-corrected chi connectivity index (χ1v) is 12.9. The van der Waals surface area contributed by atoms with E-state index in [4.69, 9.17) is 11.6 Å². The molecule has 2 atom stereocenters. The molecule has 3 heterocycles. The van der Waals surface area contributed by atoms with Crippen LogP contribution < -0.4 is 5.32 Å². The number of pyridine rings is 1. The standard InChI is InChI=1S/C27H30ClF2N5O2/c1-16-12-23(34-33-16)32-22-7-6-20(29)21(31-22)14-27(25(36)37)10-11-35(17(2)13-27)15-26(8-9-26)18-4-3-5-19(28)24(18)30/h3-7,12,17H,8-11,13-15H2,1-2H3,(H,36,37)(H2,31,32,33,34)/t17-,27-/m1/s1. The lowest BCUT2D eigenvalue weighted by Crippen LogP contribution is -2.52. The average Bonchev–Trinajstić information content (AvgIpc) is 3.52. The lowest BCUT2D eigenvalue weighted by atomic mass is 9.72. The number of H-pyrrole nitrogens is 1. The van der Waals surface area contributed by atoms with Crippen molar-refractivity contribution < 1.29 is 18.7 Å². The van der Waals surface area contributed by atoms with E-state index in [1.54, 1.807) is 24.3 Å². The van der Waals surface area contributed by atoms with E-state index in [0.717, 1.165) is 18.5 Å². The van der Waals surface area contributed by atoms with Crippen molar-refractivity contribution in [2.75, 3.05) is 18.4 Å². The Morgan fingerprint density at radius 2 is 2.03 bits per heavy atom. The van der Waals surface area contributed by atoms with Crippen LogP contribution >= 0.6 is 11.6 Å². The molecule has 0 amide bonds. The van der Waals surface area contributed by atoms with Gasteiger partial charge in [-0.05, 0) is 69.8 Å². The van der Waals surface area contributed by atoms with E-state index < -0.39 is 17.2 Å². The zero-order valence-electron chi connectivity index (χ0n) is 20.8. The minimum atomic E-state index is -1.15. The Morgan fingerprint density at radius 3 is 2.68 bits per heavy atom. The summed E-state index contributed by atoms with van der Waals surface area (Å²) in [6, 6.07) is 9.64. The molecule has 7 nitrogen and oxygen atoms in total. The van der Waals surface area contributed by atoms with Crippen molar-refractivity contribution in [1.29, 1.82) is 0 Å². The highest BCUT2D eigenvalue weighted by atomic mass is 35.5. The van der Waals surface area contributed by atoms with Gasteiger partial charge in [0.15, 0.2) is 5.82 Å². The van der Waals surface area contributed by atoms with E-state index in [9.17, 15) is 18.7 Å². The van der Waals surface area contributed by atoms with Crippen molar-refractivity contribution in [1.82, 2.24) is 20.1 Å². The summed E-state index contributed by atoms with van der Waals surface area (Å²) in [4.78, 5) is 19.2. The van der Waals surface area contributed by atoms with Crippen LogP contribution in [0.2, 0.25) is 5.02 Å². The highest BCUT2D eigenvalue weighted by molar-refractivity contribution is 6.30. The van der Waals surface area contributed by atoms with Gasteiger partial charge in [-0.3, -0.25) is 14.8 Å². The number of anilines is 2. The molecule has 196 valence electrons. The smallest absolute Gasteiger partial charge is 0.310 e. The van der Waals surface area contributed by atoms with Crippen molar-refractivity contribution >= 4 is 29.2 Å². The molecule has 3 N–H and O–H groups in total. The molecule has 1 saturated carbocycles. The first-order chi connectivity index (χ1) is 17.6. The Morgan fingerprint density at radius 1 is 1.24 bits per heavy atom. The van der Waals surface area contributed by atoms with Crippen LogP contribution in [0.15, 0.2) is 36.4 Å². The second-order valence-corrected chi connectivity index (χ2v) is 11.0. The van der Waals surface area contributed by atoms with Gasteiger partial charge in [-0.1, -0.05) is 23.7 Å². The molecule has 2 fully saturated rings. The van der Waals surface area contributed by atoms with E-state index in [0.29, 0.717) is 43.1 Å². The summed E-state index contributed by atoms with van der Waals surface area (Å²) in [6.07, 6.45) is 2.39. The van der Waals surface area contributed by atoms with E-state index in [1.165, 1.54) is 12.1 Å². The van der Waals surface area contributed by atoms with Gasteiger partial charge in [-0.25, -0.2) is 13.8 Å². The number of carbonyl (C=O) groups is 1. The summed E-state index contributed by atoms with van der Waals surface area (Å²) < 4.78 is 29.6. The zero-order valence-corrected chi connectivity index (χ0v) is 21.6. The predicted octanol–water partition coefficient (Wildman–Crippen LogP) is 5.62. The molecular formula is C27H30ClF2N5O2. The van der Waals surface area contributed by atoms with Crippen LogP contribution in [0.1, 0.15) is 49.6 Å². The number of likely N-dealkylation sites (tertiary alicyclic amines) is 1. The molecule has 2 aliphatic rings. The monoisotopic (exact) mass is 529 g/mol. The van der Waals surface area contributed by atoms with Crippen molar-refractivity contribution in [3.8, 4) is 0 Å². The Kier molecular flexibility index (Phi) is 6.70. The molecule has 1 aliphatic heterocycles. The van der Waals surface area contributed by atoms with Crippen LogP contribution in [0.4, 0.5) is 20.4 Å². The fraction of sp³-hybridized carbons (Fsp3) is 0.444. The topological polar surface area (TPSA) is 94.1 Å². The number of aliphatic carboxylic acids is 1. The summed E-state index contributed by atoms with van der Waals surface area (Å²) >= 11 is 6.04. The Hall–Kier alpha value is -3.04. The van der Waals surface area contributed by atoms with Gasteiger partial charge in [0.1, 0.15) is 17.5 Å². The number of piperidine rings is 1. The third-order valence-corrected chi connectivity index (χ3v) is 8.20. The maximum atomic E-state index is 14.8. The number of hydrogen-bond acceptors (Lipinski definition) is 5. The molecule has 0 unspecified atom stereocenters. The highest BCUT2D eigenvalue weighted by Crippen LogP contribution is 2.51. The van der Waals surface area contributed by atoms with Gasteiger partial charge in [0.25, 0.3) is 0 Å². The molecule has 1 aromatic carbocycles. The third kappa shape index (κ3) is 5.07. The van der Waals surface area contributed by atoms with E-state index in [2.05, 4.69) is 25.4 Å². The maximum Gasteiger partial charge on any atom is 0.310 e. The van der Waals surface area contributed by atoms with Crippen molar-refractivity contribution in [3.05, 3.63) is 70.0 Å². The van der Waals surface area contributed by atoms with Gasteiger partial charge in [0.05, 0.1) is 16.1 Å². The molecule has 1 aliphatic carbocycles. The molecule has 1 saturated heterocycles. The number of nitrogens with one attached hydrogen (secondary N) is 2. The van der Waals surface area contributed by atoms with Crippen LogP contribution in [0.3, 0.4) is 0 Å². The Bertz CT molecular complexity index is 1330. The summed E-state index contributed by atoms with van der Waals surface area (Å²) in [5.74, 6) is -0.918. The SMILES string of the molecule is Cc1cc(Nc2ccc(F)c(C[C@@]3(C(=O)O)CCN(CC4(c5cccc(Cl)c5F)CC4)[C@H](C)C3)n2)n[nH]1. The molecule has 10 heteroatoms. The van der Waals surface area contributed by atoms with E-state index in [1.807, 2.05) is 13.8 Å². The van der Waals surface area contributed by atoms with Crippen LogP contribution in [-0.4, -0.2) is 50.3 Å². The number of rotatable bonds is 8. The van der Waals surface area contributed by atoms with Gasteiger partial charge < -0.3 is 10.4 Å². The molecular weight excluding hydrogens is 500 g/mol. The van der Waals surface area contributed by atoms with Crippen LogP contribution in [0.5, 0.6) is 0 Å². The number of hydrogen-bond donors (Lipinski definition) is 3. The third-order valence-electron chi connectivity index (χ3n) is 7.91. The second-order valence-electron chi connectivity index (χ2n) is 10.6. The lowest BCUT2D eigenvalue weighted by molar-refractivity contribution is -0.153. The lowest BCUT2D eigenvalue weighted by Gasteiger charge is -2.44. The van der Waals surface area contributed by atoms with Crippen LogP contribution in [-0.2, 0) is 16.6 Å². The molecule has 0 radical (unpaired) electrons. The second kappa shape index (κ2) is 9.68. The summed E-state index contributed by atoms with van der Waals surface area (Å²) in [5, 5.41) is 20.4. The number of benzene rings is 1. The minimum absolute atomic E-state index is 0.0183. The fourth-order valence-corrected chi connectivity index (χ4v) is 5.79. The largest absolute Gasteiger partial charge is 0.481 e. The molecule has 0 spiro atoms. The number of aryl methyl sites for hydroxylation is 1. The van der Waals surface area contributed by atoms with E-state index in [-0.39, 0.29) is 34.4 Å². The number of halogens is 3. The number of carboxylic acids is 1. The first kappa shape index (κ1) is 25.6. The quantitative estimate of drug-likeness (QED) is 0.351. The van der Waals surface area contributed by atoms with Gasteiger partial charge >= 0.3 is 5.97 Å². The van der Waals surface area contributed by atoms with Crippen LogP contribution in [0, 0.1) is 24.0 Å². The van der Waals surface area contributed by atoms with Gasteiger partial charge in [0, 0.05) is 36.2 Å². The number of aromatic amines is 1. The van der Waals surface area contributed by atoms with Crippen molar-refractivity contribution in [2.24, 2.45) is 5.41 Å². The zero-order chi connectivity index (χ0) is 26.4. The molecule has 2 aromatic heterocycles. The first-order valence-electron chi connectivity index (χ1n) is 12.5. The highest BCUT2D eigenvalue weighted by Gasteiger charge is 2.51. The maximum absolute atomic E-state index is 14.8. The minimum Gasteiger partial charge on any atom is -0.481 e. The molecule has 3 aromatic rings. The summed E-state index contributed by atoms with van der Waals surface area (Å²) in [7, 11) is 0. The number of carboxylic acid groups (broad SMARTS) is 1. The number of aromatic nitrogens is 3. The number of nitrogens with zero attached hydrogens (tertiary/aromatic N) is 3. The molecule has 5 rings (SSSR count). The van der Waals surface area contributed by atoms with E-state index >= 15 is 0 Å². The normalized spacial score (nSPS) is 23.1. The van der Waals surface area contributed by atoms with Crippen molar-refractivity contribution in [3.63, 3.8) is 0 Å². The average molecular weight is 530 g/mol. The van der Waals surface area contributed by atoms with Crippen LogP contribution in [0.25, 0.3) is 0 Å². The van der Waals surface area contributed by atoms with Crippen molar-refractivity contribution in [2.45, 2.75) is 57.4 Å². The predicted molar refractivity (Wildman–Crippen MR) is 137 cm³/mol. The summed E-state index contributed by atoms with van der Waals surface area (Å²) in [5.41, 5.74) is 0.153. The Balaban J connectivity index is 1.32. The molecule has 37 heavy (non-hydrogen) atoms. The fourth-order valence-electron chi connectivity index (χ4n) is 5.62. The Labute approximate surface area is 219 Å².